The van der Waals surface area contributed by atoms with Crippen LogP contribution in [0.25, 0.3) is 0 Å². The summed E-state index contributed by atoms with van der Waals surface area (Å²) in [6.07, 6.45) is 0. The molecule has 1 aromatic heterocycles. The van der Waals surface area contributed by atoms with E-state index in [1.165, 1.54) is 6.07 Å². The van der Waals surface area contributed by atoms with Crippen LogP contribution in [0.5, 0.6) is 0 Å². The summed E-state index contributed by atoms with van der Waals surface area (Å²) in [6, 6.07) is 13.3. The predicted molar refractivity (Wildman–Crippen MR) is 83.1 cm³/mol. The lowest BCUT2D eigenvalue weighted by atomic mass is 10.1. The number of nitriles is 1. The summed E-state index contributed by atoms with van der Waals surface area (Å²) >= 11 is 5.89. The van der Waals surface area contributed by atoms with E-state index in [1.54, 1.807) is 6.07 Å². The standard InChI is InChI=1S/C16H16ClN3O/c1-2-21-11-14-6-4-3-5-13(14)10-19-16-8-12(9-18)7-15(17)20-16/h3-8H,2,10-11H2,1H3,(H,19,20). The minimum absolute atomic E-state index is 0.305. The fraction of sp³-hybridized carbons (Fsp3) is 0.250. The van der Waals surface area contributed by atoms with E-state index in [2.05, 4.69) is 16.4 Å². The molecule has 0 aliphatic carbocycles. The van der Waals surface area contributed by atoms with E-state index in [1.807, 2.05) is 31.2 Å². The number of aromatic nitrogens is 1. The van der Waals surface area contributed by atoms with Crippen molar-refractivity contribution in [3.63, 3.8) is 0 Å². The Morgan fingerprint density at radius 3 is 2.76 bits per heavy atom. The largest absolute Gasteiger partial charge is 0.377 e. The van der Waals surface area contributed by atoms with E-state index >= 15 is 0 Å². The highest BCUT2D eigenvalue weighted by atomic mass is 35.5. The molecule has 21 heavy (non-hydrogen) atoms. The molecule has 1 aromatic carbocycles. The van der Waals surface area contributed by atoms with E-state index in [-0.39, 0.29) is 0 Å². The van der Waals surface area contributed by atoms with E-state index in [0.717, 1.165) is 11.1 Å². The third-order valence-electron chi connectivity index (χ3n) is 2.96. The molecule has 0 saturated carbocycles. The lowest BCUT2D eigenvalue weighted by Gasteiger charge is -2.11. The van der Waals surface area contributed by atoms with Crippen LogP contribution in [0.1, 0.15) is 23.6 Å². The Bertz CT molecular complexity index is 652. The molecule has 2 aromatic rings. The number of pyridine rings is 1. The van der Waals surface area contributed by atoms with Crippen molar-refractivity contribution >= 4 is 17.4 Å². The summed E-state index contributed by atoms with van der Waals surface area (Å²) in [5.41, 5.74) is 2.75. The topological polar surface area (TPSA) is 57.9 Å². The lowest BCUT2D eigenvalue weighted by molar-refractivity contribution is 0.133. The number of nitrogens with zero attached hydrogens (tertiary/aromatic N) is 2. The van der Waals surface area contributed by atoms with Gasteiger partial charge in [0, 0.05) is 13.2 Å². The van der Waals surface area contributed by atoms with Gasteiger partial charge in [0.1, 0.15) is 11.0 Å². The molecule has 0 unspecified atom stereocenters. The summed E-state index contributed by atoms with van der Waals surface area (Å²) in [4.78, 5) is 4.16. The van der Waals surface area contributed by atoms with E-state index in [4.69, 9.17) is 21.6 Å². The van der Waals surface area contributed by atoms with Crippen molar-refractivity contribution < 1.29 is 4.74 Å². The molecule has 0 spiro atoms. The summed E-state index contributed by atoms with van der Waals surface area (Å²) < 4.78 is 5.46. The molecular formula is C16H16ClN3O. The van der Waals surface area contributed by atoms with Crippen molar-refractivity contribution in [2.75, 3.05) is 11.9 Å². The Morgan fingerprint density at radius 2 is 2.05 bits per heavy atom. The number of rotatable bonds is 6. The molecule has 2 rings (SSSR count). The Balaban J connectivity index is 2.09. The minimum atomic E-state index is 0.305. The fourth-order valence-corrected chi connectivity index (χ4v) is 2.13. The average molecular weight is 302 g/mol. The van der Waals surface area contributed by atoms with Gasteiger partial charge in [0.2, 0.25) is 0 Å². The zero-order valence-corrected chi connectivity index (χ0v) is 12.5. The number of benzene rings is 1. The fourth-order valence-electron chi connectivity index (χ4n) is 1.92. The zero-order valence-electron chi connectivity index (χ0n) is 11.8. The van der Waals surface area contributed by atoms with Gasteiger partial charge in [0.05, 0.1) is 18.2 Å². The molecular weight excluding hydrogens is 286 g/mol. The molecule has 0 saturated heterocycles. The summed E-state index contributed by atoms with van der Waals surface area (Å²) in [7, 11) is 0. The number of hydrogen-bond acceptors (Lipinski definition) is 4. The summed E-state index contributed by atoms with van der Waals surface area (Å²) in [5, 5.41) is 12.4. The van der Waals surface area contributed by atoms with Gasteiger partial charge in [-0.2, -0.15) is 5.26 Å². The van der Waals surface area contributed by atoms with Gasteiger partial charge < -0.3 is 10.1 Å². The maximum Gasteiger partial charge on any atom is 0.132 e. The lowest BCUT2D eigenvalue weighted by Crippen LogP contribution is -2.05. The van der Waals surface area contributed by atoms with Crippen LogP contribution in [-0.2, 0) is 17.9 Å². The second kappa shape index (κ2) is 7.63. The van der Waals surface area contributed by atoms with Crippen molar-refractivity contribution in [1.29, 1.82) is 5.26 Å². The minimum Gasteiger partial charge on any atom is -0.377 e. The first-order valence-electron chi connectivity index (χ1n) is 6.69. The number of anilines is 1. The molecule has 0 radical (unpaired) electrons. The van der Waals surface area contributed by atoms with Crippen LogP contribution in [0.4, 0.5) is 5.82 Å². The molecule has 0 aliphatic rings. The molecule has 1 heterocycles. The van der Waals surface area contributed by atoms with Gasteiger partial charge in [-0.25, -0.2) is 4.98 Å². The molecule has 0 aliphatic heterocycles. The third kappa shape index (κ3) is 4.45. The average Bonchev–Trinajstić information content (AvgIpc) is 2.51. The van der Waals surface area contributed by atoms with Crippen LogP contribution >= 0.6 is 11.6 Å². The van der Waals surface area contributed by atoms with Crippen LogP contribution in [0.2, 0.25) is 5.15 Å². The number of ether oxygens (including phenoxy) is 1. The highest BCUT2D eigenvalue weighted by molar-refractivity contribution is 6.29. The molecule has 0 bridgehead atoms. The maximum atomic E-state index is 8.93. The van der Waals surface area contributed by atoms with Gasteiger partial charge in [-0.1, -0.05) is 35.9 Å². The Morgan fingerprint density at radius 1 is 1.29 bits per heavy atom. The second-order valence-corrected chi connectivity index (χ2v) is 4.82. The van der Waals surface area contributed by atoms with Gasteiger partial charge in [-0.15, -0.1) is 0 Å². The van der Waals surface area contributed by atoms with Crippen LogP contribution in [0, 0.1) is 11.3 Å². The smallest absolute Gasteiger partial charge is 0.132 e. The highest BCUT2D eigenvalue weighted by Crippen LogP contribution is 2.16. The highest BCUT2D eigenvalue weighted by Gasteiger charge is 2.04. The number of halogens is 1. The number of nitrogens with one attached hydrogen (secondary N) is 1. The summed E-state index contributed by atoms with van der Waals surface area (Å²) in [5.74, 6) is 0.588. The normalized spacial score (nSPS) is 10.1. The van der Waals surface area contributed by atoms with Crippen molar-refractivity contribution in [3.05, 3.63) is 58.2 Å². The van der Waals surface area contributed by atoms with Gasteiger partial charge >= 0.3 is 0 Å². The van der Waals surface area contributed by atoms with Crippen LogP contribution in [0.15, 0.2) is 36.4 Å². The Kier molecular flexibility index (Phi) is 5.56. The van der Waals surface area contributed by atoms with Crippen LogP contribution < -0.4 is 5.32 Å². The second-order valence-electron chi connectivity index (χ2n) is 4.43. The molecule has 1 N–H and O–H groups in total. The van der Waals surface area contributed by atoms with Crippen LogP contribution in [-0.4, -0.2) is 11.6 Å². The van der Waals surface area contributed by atoms with Crippen molar-refractivity contribution in [2.45, 2.75) is 20.1 Å². The molecule has 0 fully saturated rings. The maximum absolute atomic E-state index is 8.93. The van der Waals surface area contributed by atoms with Crippen molar-refractivity contribution in [3.8, 4) is 6.07 Å². The van der Waals surface area contributed by atoms with Crippen LogP contribution in [0.3, 0.4) is 0 Å². The SMILES string of the molecule is CCOCc1ccccc1CNc1cc(C#N)cc(Cl)n1. The van der Waals surface area contributed by atoms with E-state index in [9.17, 15) is 0 Å². The molecule has 0 atom stereocenters. The van der Waals surface area contributed by atoms with E-state index < -0.39 is 0 Å². The van der Waals surface area contributed by atoms with Crippen molar-refractivity contribution in [2.24, 2.45) is 0 Å². The predicted octanol–water partition coefficient (Wildman–Crippen LogP) is 3.76. The molecule has 5 heteroatoms. The summed E-state index contributed by atoms with van der Waals surface area (Å²) in [6.45, 7) is 3.84. The third-order valence-corrected chi connectivity index (χ3v) is 3.16. The molecule has 0 amide bonds. The first-order valence-corrected chi connectivity index (χ1v) is 7.06. The van der Waals surface area contributed by atoms with Gasteiger partial charge in [-0.05, 0) is 30.2 Å². The Labute approximate surface area is 129 Å². The first-order chi connectivity index (χ1) is 10.2. The zero-order chi connectivity index (χ0) is 15.1. The Hall–Kier alpha value is -2.09. The molecule has 4 nitrogen and oxygen atoms in total. The van der Waals surface area contributed by atoms with Gasteiger partial charge in [0.25, 0.3) is 0 Å². The quantitative estimate of drug-likeness (QED) is 0.825. The van der Waals surface area contributed by atoms with Crippen molar-refractivity contribution in [1.82, 2.24) is 4.98 Å². The first kappa shape index (κ1) is 15.3. The van der Waals surface area contributed by atoms with Gasteiger partial charge in [0.15, 0.2) is 0 Å². The number of hydrogen-bond donors (Lipinski definition) is 1. The monoisotopic (exact) mass is 301 g/mol. The van der Waals surface area contributed by atoms with E-state index in [0.29, 0.717) is 36.3 Å². The van der Waals surface area contributed by atoms with Gasteiger partial charge in [-0.3, -0.25) is 0 Å². The molecule has 108 valence electrons.